The average Bonchev–Trinajstić information content (AvgIpc) is 3.09. The number of phenols is 1. The molecule has 1 aliphatic rings. The van der Waals surface area contributed by atoms with Crippen LogP contribution in [0.1, 0.15) is 50.7 Å². The van der Waals surface area contributed by atoms with Crippen molar-refractivity contribution >= 4 is 0 Å². The molecule has 0 atom stereocenters. The standard InChI is InChI=1S/C29H27N2O.Ni/c1-3-16-29(17-4-2)23-13-12-20(25-10-7-8-18-30-25)19-22(23)28-24(29)14-15-26(31-28)21-9-5-6-11-27(21)32;/h5-15,18,32H,3-4,16-17H2,1-2H3;/q-1;. The van der Waals surface area contributed by atoms with Gasteiger partial charge < -0.3 is 5.11 Å². The summed E-state index contributed by atoms with van der Waals surface area (Å²) in [5.41, 5.74) is 8.04. The summed E-state index contributed by atoms with van der Waals surface area (Å²) in [6, 6.07) is 25.7. The van der Waals surface area contributed by atoms with Gasteiger partial charge in [0.1, 0.15) is 5.75 Å². The second-order valence-electron chi connectivity index (χ2n) is 8.57. The van der Waals surface area contributed by atoms with E-state index in [4.69, 9.17) is 4.98 Å². The summed E-state index contributed by atoms with van der Waals surface area (Å²) >= 11 is 0. The molecule has 0 fully saturated rings. The van der Waals surface area contributed by atoms with Crippen LogP contribution in [0.3, 0.4) is 0 Å². The molecule has 0 amide bonds. The van der Waals surface area contributed by atoms with E-state index in [0.29, 0.717) is 0 Å². The molecule has 2 aromatic heterocycles. The number of fused-ring (bicyclic) bond motifs is 3. The maximum absolute atomic E-state index is 10.4. The fourth-order valence-corrected chi connectivity index (χ4v) is 5.29. The summed E-state index contributed by atoms with van der Waals surface area (Å²) in [5, 5.41) is 10.4. The number of pyridine rings is 2. The summed E-state index contributed by atoms with van der Waals surface area (Å²) in [7, 11) is 0. The van der Waals surface area contributed by atoms with Gasteiger partial charge in [0.25, 0.3) is 0 Å². The zero-order chi connectivity index (χ0) is 22.1. The molecule has 5 rings (SSSR count). The maximum Gasteiger partial charge on any atom is 0.124 e. The van der Waals surface area contributed by atoms with Gasteiger partial charge in [-0.1, -0.05) is 79.3 Å². The van der Waals surface area contributed by atoms with Gasteiger partial charge in [-0.2, -0.15) is 0 Å². The van der Waals surface area contributed by atoms with Crippen LogP contribution < -0.4 is 0 Å². The second-order valence-corrected chi connectivity index (χ2v) is 8.57. The molecule has 4 aromatic rings. The average molecular weight is 478 g/mol. The van der Waals surface area contributed by atoms with Gasteiger partial charge in [0, 0.05) is 39.6 Å². The first-order chi connectivity index (χ1) is 15.7. The van der Waals surface area contributed by atoms with Crippen molar-refractivity contribution in [3.63, 3.8) is 0 Å². The van der Waals surface area contributed by atoms with Gasteiger partial charge in [-0.3, -0.25) is 9.97 Å². The molecule has 0 saturated carbocycles. The van der Waals surface area contributed by atoms with E-state index in [1.54, 1.807) is 6.07 Å². The summed E-state index contributed by atoms with van der Waals surface area (Å²) in [6.07, 6.45) is 6.17. The van der Waals surface area contributed by atoms with Crippen molar-refractivity contribution in [2.45, 2.75) is 44.9 Å². The van der Waals surface area contributed by atoms with Gasteiger partial charge in [-0.05, 0) is 42.5 Å². The third-order valence-corrected chi connectivity index (χ3v) is 6.58. The van der Waals surface area contributed by atoms with Crippen LogP contribution in [0.5, 0.6) is 5.75 Å². The monoisotopic (exact) mass is 477 g/mol. The number of hydrogen-bond acceptors (Lipinski definition) is 3. The molecule has 0 spiro atoms. The van der Waals surface area contributed by atoms with Crippen LogP contribution in [0.25, 0.3) is 33.8 Å². The van der Waals surface area contributed by atoms with E-state index in [0.717, 1.165) is 59.5 Å². The predicted molar refractivity (Wildman–Crippen MR) is 129 cm³/mol. The van der Waals surface area contributed by atoms with Crippen molar-refractivity contribution in [3.8, 4) is 39.5 Å². The number of para-hydroxylation sites is 1. The number of benzene rings is 2. The van der Waals surface area contributed by atoms with Crippen LogP contribution in [-0.2, 0) is 21.9 Å². The molecule has 0 bridgehead atoms. The van der Waals surface area contributed by atoms with E-state index in [9.17, 15) is 5.11 Å². The Kier molecular flexibility index (Phi) is 6.67. The smallest absolute Gasteiger partial charge is 0.124 e. The first kappa shape index (κ1) is 23.2. The molecule has 4 heteroatoms. The topological polar surface area (TPSA) is 46.0 Å². The fourth-order valence-electron chi connectivity index (χ4n) is 5.29. The van der Waals surface area contributed by atoms with Crippen molar-refractivity contribution in [2.24, 2.45) is 0 Å². The minimum absolute atomic E-state index is 0. The number of rotatable bonds is 6. The van der Waals surface area contributed by atoms with E-state index in [1.165, 1.54) is 11.1 Å². The molecule has 0 saturated heterocycles. The van der Waals surface area contributed by atoms with Crippen molar-refractivity contribution < 1.29 is 21.6 Å². The molecule has 0 unspecified atom stereocenters. The molecule has 2 aromatic carbocycles. The third-order valence-electron chi connectivity index (χ3n) is 6.58. The van der Waals surface area contributed by atoms with Gasteiger partial charge in [0.15, 0.2) is 0 Å². The van der Waals surface area contributed by atoms with Gasteiger partial charge in [0.2, 0.25) is 0 Å². The molecule has 1 aliphatic carbocycles. The molecular weight excluding hydrogens is 451 g/mol. The minimum Gasteiger partial charge on any atom is -0.507 e. The molecule has 1 N–H and O–H groups in total. The van der Waals surface area contributed by atoms with Crippen molar-refractivity contribution in [3.05, 3.63) is 90.1 Å². The van der Waals surface area contributed by atoms with E-state index < -0.39 is 0 Å². The van der Waals surface area contributed by atoms with E-state index in [2.05, 4.69) is 49.2 Å². The number of aromatic nitrogens is 2. The zero-order valence-electron chi connectivity index (χ0n) is 18.9. The van der Waals surface area contributed by atoms with Crippen LogP contribution >= 0.6 is 0 Å². The normalized spacial score (nSPS) is 13.2. The Hall–Kier alpha value is -2.97. The first-order valence-corrected chi connectivity index (χ1v) is 11.5. The first-order valence-electron chi connectivity index (χ1n) is 11.5. The second kappa shape index (κ2) is 9.49. The molecule has 0 radical (unpaired) electrons. The number of nitrogens with zero attached hydrogens (tertiary/aromatic N) is 2. The summed E-state index contributed by atoms with van der Waals surface area (Å²) < 4.78 is 0. The van der Waals surface area contributed by atoms with Crippen LogP contribution in [0.4, 0.5) is 0 Å². The molecule has 3 nitrogen and oxygen atoms in total. The quantitative estimate of drug-likeness (QED) is 0.236. The number of phenolic OH excluding ortho intramolecular Hbond substituents is 1. The van der Waals surface area contributed by atoms with Gasteiger partial charge in [-0.25, -0.2) is 0 Å². The van der Waals surface area contributed by atoms with Crippen LogP contribution in [0, 0.1) is 6.07 Å². The van der Waals surface area contributed by atoms with E-state index in [-0.39, 0.29) is 27.7 Å². The van der Waals surface area contributed by atoms with Crippen molar-refractivity contribution in [2.75, 3.05) is 0 Å². The SMILES string of the molecule is CCCC1(CCC)c2ccc(-c3ccccn3)[c-]c2-c2nc(-c3ccccc3O)ccc21.[Ni]. The predicted octanol–water partition coefficient (Wildman–Crippen LogP) is 7.18. The zero-order valence-corrected chi connectivity index (χ0v) is 19.9. The molecule has 33 heavy (non-hydrogen) atoms. The van der Waals surface area contributed by atoms with Gasteiger partial charge in [0.05, 0.1) is 5.69 Å². The van der Waals surface area contributed by atoms with E-state index >= 15 is 0 Å². The summed E-state index contributed by atoms with van der Waals surface area (Å²) in [4.78, 5) is 9.64. The Balaban J connectivity index is 0.00000259. The van der Waals surface area contributed by atoms with Crippen LogP contribution in [0.2, 0.25) is 0 Å². The van der Waals surface area contributed by atoms with Crippen molar-refractivity contribution in [1.29, 1.82) is 0 Å². The minimum atomic E-state index is -0.0441. The summed E-state index contributed by atoms with van der Waals surface area (Å²) in [5.74, 6) is 0.248. The molecule has 0 aliphatic heterocycles. The largest absolute Gasteiger partial charge is 0.507 e. The molecular formula is C29H27N2NiO-. The third kappa shape index (κ3) is 3.87. The van der Waals surface area contributed by atoms with Crippen molar-refractivity contribution in [1.82, 2.24) is 9.97 Å². The molecule has 170 valence electrons. The Morgan fingerprint density at radius 3 is 2.24 bits per heavy atom. The Bertz CT molecular complexity index is 1260. The fraction of sp³-hybridized carbons (Fsp3) is 0.241. The van der Waals surface area contributed by atoms with E-state index in [1.807, 2.05) is 42.6 Å². The number of aromatic hydroxyl groups is 1. The Labute approximate surface area is 205 Å². The van der Waals surface area contributed by atoms with Crippen LogP contribution in [0.15, 0.2) is 72.9 Å². The van der Waals surface area contributed by atoms with Gasteiger partial charge >= 0.3 is 0 Å². The summed E-state index contributed by atoms with van der Waals surface area (Å²) in [6.45, 7) is 4.51. The number of hydrogen-bond donors (Lipinski definition) is 1. The van der Waals surface area contributed by atoms with Gasteiger partial charge in [-0.15, -0.1) is 18.2 Å². The Morgan fingerprint density at radius 2 is 1.55 bits per heavy atom. The maximum atomic E-state index is 10.4. The van der Waals surface area contributed by atoms with Crippen LogP contribution in [-0.4, -0.2) is 15.1 Å². The molecule has 2 heterocycles. The Morgan fingerprint density at radius 1 is 0.818 bits per heavy atom.